The summed E-state index contributed by atoms with van der Waals surface area (Å²) in [7, 11) is 0. The second-order valence-corrected chi connectivity index (χ2v) is 21.1. The van der Waals surface area contributed by atoms with Crippen molar-refractivity contribution in [2.24, 2.45) is 0 Å². The van der Waals surface area contributed by atoms with Gasteiger partial charge < -0.3 is 0 Å². The number of unbranched alkanes of at least 4 members (excludes halogenated alkanes) is 20. The van der Waals surface area contributed by atoms with E-state index in [0.717, 1.165) is 0 Å². The van der Waals surface area contributed by atoms with Gasteiger partial charge in [0.2, 0.25) is 0 Å². The molecule has 4 aromatic rings. The van der Waals surface area contributed by atoms with E-state index in [2.05, 4.69) is 88.8 Å². The summed E-state index contributed by atoms with van der Waals surface area (Å²) in [5, 5.41) is 4.95. The van der Waals surface area contributed by atoms with Crippen molar-refractivity contribution < 1.29 is 0 Å². The van der Waals surface area contributed by atoms with Crippen molar-refractivity contribution >= 4 is 45.3 Å². The maximum absolute atomic E-state index is 2.50. The predicted octanol–water partition coefficient (Wildman–Crippen LogP) is 19.8. The lowest BCUT2D eigenvalue weighted by atomic mass is 9.96. The molecule has 0 atom stereocenters. The van der Waals surface area contributed by atoms with Gasteiger partial charge in [0.25, 0.3) is 0 Å². The molecule has 0 amide bonds. The van der Waals surface area contributed by atoms with E-state index in [1.807, 2.05) is 22.7 Å². The number of thiophene rings is 4. The molecule has 0 aliphatic heterocycles. The summed E-state index contributed by atoms with van der Waals surface area (Å²) >= 11 is 8.43. The third-order valence-electron chi connectivity index (χ3n) is 12.5. The van der Waals surface area contributed by atoms with Crippen LogP contribution in [0.1, 0.15) is 226 Å². The zero-order valence-electron chi connectivity index (χ0n) is 37.6. The van der Waals surface area contributed by atoms with Gasteiger partial charge in [-0.15, -0.1) is 45.3 Å². The highest BCUT2D eigenvalue weighted by Gasteiger charge is 2.27. The van der Waals surface area contributed by atoms with Crippen LogP contribution in [0.5, 0.6) is 0 Å². The Labute approximate surface area is 362 Å². The molecular formula is C52H82S4. The van der Waals surface area contributed by atoms with Gasteiger partial charge in [-0.05, 0) is 134 Å². The van der Waals surface area contributed by atoms with E-state index in [9.17, 15) is 0 Å². The zero-order valence-corrected chi connectivity index (χ0v) is 40.9. The van der Waals surface area contributed by atoms with Crippen molar-refractivity contribution in [3.05, 3.63) is 55.3 Å². The van der Waals surface area contributed by atoms with E-state index in [1.165, 1.54) is 191 Å². The van der Waals surface area contributed by atoms with Crippen molar-refractivity contribution in [2.45, 2.75) is 235 Å². The van der Waals surface area contributed by atoms with Crippen molar-refractivity contribution in [2.75, 3.05) is 0 Å². The van der Waals surface area contributed by atoms with Crippen LogP contribution in [-0.2, 0) is 25.7 Å². The standard InChI is InChI=1S/C52H82S4/c1-9-13-17-21-25-29-33-43-39(5)37-53-49(43)51-45(35-31-27-23-19-15-11-3)41(7)47(55-51)48-42(8)46(36-32-28-24-20-16-12-4)52(56-48)50-44(40(6)38-54-50)34-30-26-22-18-14-10-2/h37-38H,9-36H2,1-8H3. The average molecular weight is 835 g/mol. The molecule has 0 bridgehead atoms. The van der Waals surface area contributed by atoms with Gasteiger partial charge in [0.1, 0.15) is 0 Å². The molecule has 0 aromatic carbocycles. The van der Waals surface area contributed by atoms with E-state index in [4.69, 9.17) is 0 Å². The van der Waals surface area contributed by atoms with Gasteiger partial charge in [0.05, 0.1) is 0 Å². The molecule has 0 aliphatic carbocycles. The summed E-state index contributed by atoms with van der Waals surface area (Å²) in [6.45, 7) is 19.1. The molecule has 4 heterocycles. The second kappa shape index (κ2) is 26.8. The lowest BCUT2D eigenvalue weighted by Crippen LogP contribution is -1.93. The summed E-state index contributed by atoms with van der Waals surface area (Å²) in [6, 6.07) is 0. The first-order valence-corrected chi connectivity index (χ1v) is 27.2. The largest absolute Gasteiger partial charge is 0.142 e. The lowest BCUT2D eigenvalue weighted by molar-refractivity contribution is 0.607. The fourth-order valence-electron chi connectivity index (χ4n) is 8.77. The molecule has 0 saturated heterocycles. The molecule has 0 nitrogen and oxygen atoms in total. The molecule has 0 saturated carbocycles. The molecule has 0 fully saturated rings. The van der Waals surface area contributed by atoms with Crippen molar-refractivity contribution in [1.29, 1.82) is 0 Å². The van der Waals surface area contributed by atoms with Crippen LogP contribution in [0.4, 0.5) is 0 Å². The summed E-state index contributed by atoms with van der Waals surface area (Å²) in [5.41, 5.74) is 12.9. The van der Waals surface area contributed by atoms with Crippen LogP contribution in [0.3, 0.4) is 0 Å². The number of hydrogen-bond donors (Lipinski definition) is 0. The molecule has 314 valence electrons. The third-order valence-corrected chi connectivity index (χ3v) is 17.9. The van der Waals surface area contributed by atoms with Crippen LogP contribution in [0.15, 0.2) is 10.8 Å². The Morgan fingerprint density at radius 3 is 0.875 bits per heavy atom. The number of hydrogen-bond acceptors (Lipinski definition) is 4. The van der Waals surface area contributed by atoms with E-state index < -0.39 is 0 Å². The Balaban J connectivity index is 1.73. The van der Waals surface area contributed by atoms with Crippen LogP contribution >= 0.6 is 45.3 Å². The Hall–Kier alpha value is -1.20. The second-order valence-electron chi connectivity index (χ2n) is 17.3. The van der Waals surface area contributed by atoms with Crippen LogP contribution in [0.25, 0.3) is 29.3 Å². The van der Waals surface area contributed by atoms with Gasteiger partial charge in [-0.2, -0.15) is 0 Å². The van der Waals surface area contributed by atoms with Crippen LogP contribution in [-0.4, -0.2) is 0 Å². The van der Waals surface area contributed by atoms with Gasteiger partial charge in [0, 0.05) is 29.3 Å². The van der Waals surface area contributed by atoms with E-state index in [-0.39, 0.29) is 0 Å². The Morgan fingerprint density at radius 1 is 0.304 bits per heavy atom. The highest BCUT2D eigenvalue weighted by atomic mass is 32.1. The molecule has 0 radical (unpaired) electrons. The maximum atomic E-state index is 2.50. The Kier molecular flexibility index (Phi) is 22.7. The zero-order chi connectivity index (χ0) is 40.1. The van der Waals surface area contributed by atoms with Crippen molar-refractivity contribution in [1.82, 2.24) is 0 Å². The van der Waals surface area contributed by atoms with Crippen molar-refractivity contribution in [3.63, 3.8) is 0 Å². The van der Waals surface area contributed by atoms with E-state index in [1.54, 1.807) is 62.6 Å². The monoisotopic (exact) mass is 835 g/mol. The molecular weight excluding hydrogens is 753 g/mol. The smallest absolute Gasteiger partial charge is 0.0487 e. The van der Waals surface area contributed by atoms with E-state index >= 15 is 0 Å². The Morgan fingerprint density at radius 2 is 0.571 bits per heavy atom. The van der Waals surface area contributed by atoms with Crippen LogP contribution in [0, 0.1) is 27.7 Å². The van der Waals surface area contributed by atoms with Crippen LogP contribution < -0.4 is 0 Å². The molecule has 0 N–H and O–H groups in total. The van der Waals surface area contributed by atoms with Crippen LogP contribution in [0.2, 0.25) is 0 Å². The summed E-state index contributed by atoms with van der Waals surface area (Å²) in [4.78, 5) is 9.62. The van der Waals surface area contributed by atoms with Gasteiger partial charge in [-0.25, -0.2) is 0 Å². The number of aryl methyl sites for hydroxylation is 2. The summed E-state index contributed by atoms with van der Waals surface area (Å²) in [6.07, 6.45) is 37.7. The van der Waals surface area contributed by atoms with Gasteiger partial charge >= 0.3 is 0 Å². The fraction of sp³-hybridized carbons (Fsp3) is 0.692. The first-order valence-electron chi connectivity index (χ1n) is 23.8. The quantitative estimate of drug-likeness (QED) is 0.0443. The normalized spacial score (nSPS) is 11.8. The van der Waals surface area contributed by atoms with E-state index in [0.29, 0.717) is 0 Å². The summed E-state index contributed by atoms with van der Waals surface area (Å²) < 4.78 is 0. The SMILES string of the molecule is CCCCCCCCc1c(C)csc1-c1sc(-c2sc(-c3scc(C)c3CCCCCCCC)c(CCCCCCCC)c2C)c(C)c1CCCCCCCC. The minimum atomic E-state index is 1.23. The van der Waals surface area contributed by atoms with Gasteiger partial charge in [-0.1, -0.05) is 156 Å². The fourth-order valence-corrected chi connectivity index (χ4v) is 14.3. The molecule has 0 aliphatic rings. The third kappa shape index (κ3) is 13.9. The van der Waals surface area contributed by atoms with Crippen molar-refractivity contribution in [3.8, 4) is 29.3 Å². The Bertz CT molecular complexity index is 1530. The predicted molar refractivity (Wildman–Crippen MR) is 262 cm³/mol. The molecule has 4 aromatic heterocycles. The average Bonchev–Trinajstić information content (AvgIpc) is 3.93. The number of rotatable bonds is 31. The lowest BCUT2D eigenvalue weighted by Gasteiger charge is -2.09. The van der Waals surface area contributed by atoms with Gasteiger partial charge in [0.15, 0.2) is 0 Å². The molecule has 0 unspecified atom stereocenters. The van der Waals surface area contributed by atoms with Gasteiger partial charge in [-0.3, -0.25) is 0 Å². The highest BCUT2D eigenvalue weighted by Crippen LogP contribution is 2.52. The molecule has 56 heavy (non-hydrogen) atoms. The molecule has 4 rings (SSSR count). The highest BCUT2D eigenvalue weighted by molar-refractivity contribution is 7.28. The first kappa shape index (κ1) is 47.5. The minimum absolute atomic E-state index is 1.23. The minimum Gasteiger partial charge on any atom is -0.142 e. The topological polar surface area (TPSA) is 0 Å². The summed E-state index contributed by atoms with van der Waals surface area (Å²) in [5.74, 6) is 0. The molecule has 4 heteroatoms. The maximum Gasteiger partial charge on any atom is 0.0487 e. The first-order chi connectivity index (χ1) is 27.4. The molecule has 0 spiro atoms.